The van der Waals surface area contributed by atoms with Crippen LogP contribution >= 0.6 is 0 Å². The Kier molecular flexibility index (Phi) is 2.92. The first-order valence-corrected chi connectivity index (χ1v) is 6.50. The normalized spacial score (nSPS) is 21.4. The molecular weight excluding hydrogens is 230 g/mol. The van der Waals surface area contributed by atoms with E-state index >= 15 is 0 Å². The second-order valence-electron chi connectivity index (χ2n) is 5.27. The van der Waals surface area contributed by atoms with Crippen molar-refractivity contribution in [3.8, 4) is 11.5 Å². The fourth-order valence-corrected chi connectivity index (χ4v) is 2.29. The molecule has 1 aliphatic carbocycles. The zero-order valence-electron chi connectivity index (χ0n) is 10.6. The largest absolute Gasteiger partial charge is 0.486 e. The maximum Gasteiger partial charge on any atom is 0.161 e. The lowest BCUT2D eigenvalue weighted by Crippen LogP contribution is -2.44. The quantitative estimate of drug-likeness (QED) is 0.847. The molecule has 1 aliphatic heterocycles. The van der Waals surface area contributed by atoms with Gasteiger partial charge in [0.1, 0.15) is 13.2 Å². The number of ether oxygens (including phenoxy) is 2. The average molecular weight is 249 g/mol. The topological polar surface area (TPSA) is 50.7 Å². The van der Waals surface area contributed by atoms with Gasteiger partial charge >= 0.3 is 0 Å². The van der Waals surface area contributed by atoms with E-state index in [0.29, 0.717) is 19.3 Å². The molecule has 0 radical (unpaired) electrons. The summed E-state index contributed by atoms with van der Waals surface area (Å²) in [5.41, 5.74) is 0.637. The molecule has 1 heterocycles. The van der Waals surface area contributed by atoms with Gasteiger partial charge in [0, 0.05) is 6.04 Å². The average Bonchev–Trinajstić information content (AvgIpc) is 3.22. The molecule has 3 rings (SSSR count). The summed E-state index contributed by atoms with van der Waals surface area (Å²) >= 11 is 0. The number of hydrogen-bond donors (Lipinski definition) is 2. The molecule has 18 heavy (non-hydrogen) atoms. The second-order valence-corrected chi connectivity index (χ2v) is 5.27. The van der Waals surface area contributed by atoms with Crippen LogP contribution in [0.15, 0.2) is 18.2 Å². The lowest BCUT2D eigenvalue weighted by atomic mass is 9.92. The van der Waals surface area contributed by atoms with Gasteiger partial charge in [-0.05, 0) is 37.5 Å². The molecule has 2 N–H and O–H groups in total. The zero-order valence-corrected chi connectivity index (χ0v) is 10.6. The third-order valence-corrected chi connectivity index (χ3v) is 3.60. The standard InChI is InChI=1S/C14H19NO3/c1-14(9-16,15-11-3-4-11)10-2-5-12-13(8-10)18-7-6-17-12/h2,5,8,11,15-16H,3-4,6-7,9H2,1H3. The van der Waals surface area contributed by atoms with Crippen LogP contribution in [-0.4, -0.2) is 31.0 Å². The third kappa shape index (κ3) is 2.18. The Bertz CT molecular complexity index is 445. The van der Waals surface area contributed by atoms with Crippen molar-refractivity contribution in [1.29, 1.82) is 0 Å². The summed E-state index contributed by atoms with van der Waals surface area (Å²) in [6, 6.07) is 6.43. The van der Waals surface area contributed by atoms with E-state index < -0.39 is 5.54 Å². The molecular formula is C14H19NO3. The van der Waals surface area contributed by atoms with Gasteiger partial charge in [0.15, 0.2) is 11.5 Å². The second kappa shape index (κ2) is 4.44. The van der Waals surface area contributed by atoms with Crippen molar-refractivity contribution >= 4 is 0 Å². The molecule has 1 atom stereocenters. The predicted octanol–water partition coefficient (Wildman–Crippen LogP) is 1.42. The fraction of sp³-hybridized carbons (Fsp3) is 0.571. The number of aliphatic hydroxyl groups is 1. The van der Waals surface area contributed by atoms with E-state index in [1.54, 1.807) is 0 Å². The molecule has 0 spiro atoms. The van der Waals surface area contributed by atoms with Gasteiger partial charge < -0.3 is 19.9 Å². The van der Waals surface area contributed by atoms with E-state index in [9.17, 15) is 5.11 Å². The van der Waals surface area contributed by atoms with Crippen LogP contribution in [-0.2, 0) is 5.54 Å². The number of aliphatic hydroxyl groups excluding tert-OH is 1. The van der Waals surface area contributed by atoms with Crippen LogP contribution in [0.3, 0.4) is 0 Å². The van der Waals surface area contributed by atoms with Gasteiger partial charge in [0.05, 0.1) is 12.1 Å². The summed E-state index contributed by atoms with van der Waals surface area (Å²) in [4.78, 5) is 0. The SMILES string of the molecule is CC(CO)(NC1CC1)c1ccc2c(c1)OCCO2. The zero-order chi connectivity index (χ0) is 12.6. The van der Waals surface area contributed by atoms with Crippen molar-refractivity contribution in [3.63, 3.8) is 0 Å². The molecule has 1 fully saturated rings. The predicted molar refractivity (Wildman–Crippen MR) is 68.0 cm³/mol. The fourth-order valence-electron chi connectivity index (χ4n) is 2.29. The highest BCUT2D eigenvalue weighted by Gasteiger charge is 2.34. The Morgan fingerprint density at radius 2 is 2.00 bits per heavy atom. The summed E-state index contributed by atoms with van der Waals surface area (Å²) in [5, 5.41) is 13.2. The summed E-state index contributed by atoms with van der Waals surface area (Å²) in [6.45, 7) is 3.28. The van der Waals surface area contributed by atoms with Gasteiger partial charge in [-0.2, -0.15) is 0 Å². The summed E-state index contributed by atoms with van der Waals surface area (Å²) in [6.07, 6.45) is 2.39. The Hall–Kier alpha value is -1.26. The van der Waals surface area contributed by atoms with Crippen LogP contribution < -0.4 is 14.8 Å². The van der Waals surface area contributed by atoms with Crippen molar-refractivity contribution in [2.75, 3.05) is 19.8 Å². The van der Waals surface area contributed by atoms with Crippen LogP contribution in [0, 0.1) is 0 Å². The summed E-state index contributed by atoms with van der Waals surface area (Å²) in [7, 11) is 0. The maximum atomic E-state index is 9.68. The summed E-state index contributed by atoms with van der Waals surface area (Å²) < 4.78 is 11.1. The Labute approximate surface area is 107 Å². The minimum absolute atomic E-state index is 0.0726. The Balaban J connectivity index is 1.89. The van der Waals surface area contributed by atoms with E-state index in [1.165, 1.54) is 12.8 Å². The van der Waals surface area contributed by atoms with E-state index in [-0.39, 0.29) is 6.61 Å². The van der Waals surface area contributed by atoms with Crippen LogP contribution in [0.25, 0.3) is 0 Å². The molecule has 98 valence electrons. The molecule has 0 aromatic heterocycles. The number of rotatable bonds is 4. The van der Waals surface area contributed by atoms with Crippen LogP contribution in [0.4, 0.5) is 0 Å². The summed E-state index contributed by atoms with van der Waals surface area (Å²) in [5.74, 6) is 1.56. The van der Waals surface area contributed by atoms with Crippen LogP contribution in [0.1, 0.15) is 25.3 Å². The molecule has 1 saturated carbocycles. The third-order valence-electron chi connectivity index (χ3n) is 3.60. The molecule has 1 aromatic rings. The van der Waals surface area contributed by atoms with Crippen molar-refractivity contribution in [3.05, 3.63) is 23.8 Å². The molecule has 1 aromatic carbocycles. The van der Waals surface area contributed by atoms with Crippen molar-refractivity contribution in [2.45, 2.75) is 31.3 Å². The van der Waals surface area contributed by atoms with Crippen molar-refractivity contribution in [2.24, 2.45) is 0 Å². The van der Waals surface area contributed by atoms with E-state index in [2.05, 4.69) is 5.32 Å². The lowest BCUT2D eigenvalue weighted by molar-refractivity contribution is 0.163. The first-order valence-electron chi connectivity index (χ1n) is 6.50. The monoisotopic (exact) mass is 249 g/mol. The number of nitrogens with one attached hydrogen (secondary N) is 1. The molecule has 1 unspecified atom stereocenters. The molecule has 2 aliphatic rings. The molecule has 4 heteroatoms. The van der Waals surface area contributed by atoms with Gasteiger partial charge in [-0.25, -0.2) is 0 Å². The van der Waals surface area contributed by atoms with Crippen molar-refractivity contribution < 1.29 is 14.6 Å². The maximum absolute atomic E-state index is 9.68. The Morgan fingerprint density at radius 3 is 2.67 bits per heavy atom. The number of fused-ring (bicyclic) bond motifs is 1. The van der Waals surface area contributed by atoms with E-state index in [4.69, 9.17) is 9.47 Å². The van der Waals surface area contributed by atoms with Gasteiger partial charge in [-0.15, -0.1) is 0 Å². The highest BCUT2D eigenvalue weighted by Crippen LogP contribution is 2.35. The smallest absolute Gasteiger partial charge is 0.161 e. The minimum Gasteiger partial charge on any atom is -0.486 e. The number of hydrogen-bond acceptors (Lipinski definition) is 4. The minimum atomic E-state index is -0.406. The van der Waals surface area contributed by atoms with Gasteiger partial charge in [-0.3, -0.25) is 0 Å². The van der Waals surface area contributed by atoms with E-state index in [1.807, 2.05) is 25.1 Å². The first-order chi connectivity index (χ1) is 8.71. The van der Waals surface area contributed by atoms with Crippen molar-refractivity contribution in [1.82, 2.24) is 5.32 Å². The van der Waals surface area contributed by atoms with E-state index in [0.717, 1.165) is 17.1 Å². The highest BCUT2D eigenvalue weighted by molar-refractivity contribution is 5.45. The molecule has 0 saturated heterocycles. The van der Waals surface area contributed by atoms with Crippen LogP contribution in [0.5, 0.6) is 11.5 Å². The Morgan fingerprint density at radius 1 is 1.28 bits per heavy atom. The number of benzene rings is 1. The molecule has 4 nitrogen and oxygen atoms in total. The van der Waals surface area contributed by atoms with Gasteiger partial charge in [0.25, 0.3) is 0 Å². The van der Waals surface area contributed by atoms with Gasteiger partial charge in [-0.1, -0.05) is 6.07 Å². The first kappa shape index (κ1) is 11.8. The highest BCUT2D eigenvalue weighted by atomic mass is 16.6. The van der Waals surface area contributed by atoms with Gasteiger partial charge in [0.2, 0.25) is 0 Å². The molecule has 0 amide bonds. The lowest BCUT2D eigenvalue weighted by Gasteiger charge is -2.31. The molecule has 0 bridgehead atoms. The van der Waals surface area contributed by atoms with Crippen LogP contribution in [0.2, 0.25) is 0 Å².